The van der Waals surface area contributed by atoms with Crippen LogP contribution in [0.4, 0.5) is 4.39 Å². The van der Waals surface area contributed by atoms with Crippen molar-refractivity contribution in [1.82, 2.24) is 10.2 Å². The van der Waals surface area contributed by atoms with E-state index in [0.29, 0.717) is 16.3 Å². The second-order valence-corrected chi connectivity index (χ2v) is 6.59. The number of rotatable bonds is 1. The van der Waals surface area contributed by atoms with Crippen molar-refractivity contribution in [2.24, 2.45) is 11.8 Å². The van der Waals surface area contributed by atoms with Crippen LogP contribution in [0.3, 0.4) is 0 Å². The number of benzene rings is 1. The maximum atomic E-state index is 13.9. The summed E-state index contributed by atoms with van der Waals surface area (Å²) in [7, 11) is 0. The molecular weight excluding hydrogens is 323 g/mol. The van der Waals surface area contributed by atoms with E-state index in [1.54, 1.807) is 12.1 Å². The Balaban J connectivity index is 1.74. The molecule has 3 rings (SSSR count). The van der Waals surface area contributed by atoms with Gasteiger partial charge in [0.1, 0.15) is 5.82 Å². The molecular formula is C15H18BrFN2O. The number of fused-ring (bicyclic) bond motifs is 1. The maximum Gasteiger partial charge on any atom is 0.256 e. The van der Waals surface area contributed by atoms with E-state index in [-0.39, 0.29) is 11.5 Å². The molecule has 2 atom stereocenters. The van der Waals surface area contributed by atoms with Crippen LogP contribution in [-0.2, 0) is 0 Å². The second-order valence-electron chi connectivity index (χ2n) is 5.67. The van der Waals surface area contributed by atoms with Gasteiger partial charge < -0.3 is 10.2 Å². The molecule has 20 heavy (non-hydrogen) atoms. The molecule has 0 aliphatic carbocycles. The highest BCUT2D eigenvalue weighted by Gasteiger charge is 2.32. The number of carbonyl (C=O) groups is 1. The Bertz CT molecular complexity index is 509. The predicted molar refractivity (Wildman–Crippen MR) is 79.1 cm³/mol. The lowest BCUT2D eigenvalue weighted by Crippen LogP contribution is -2.33. The summed E-state index contributed by atoms with van der Waals surface area (Å²) in [4.78, 5) is 14.3. The summed E-state index contributed by atoms with van der Waals surface area (Å²) >= 11 is 3.21. The normalized spacial score (nSPS) is 26.2. The Kier molecular flexibility index (Phi) is 4.08. The molecule has 0 saturated carbocycles. The third-order valence-corrected chi connectivity index (χ3v) is 4.96. The highest BCUT2D eigenvalue weighted by atomic mass is 79.9. The van der Waals surface area contributed by atoms with Crippen LogP contribution < -0.4 is 5.32 Å². The number of hydrogen-bond donors (Lipinski definition) is 1. The quantitative estimate of drug-likeness (QED) is 0.852. The summed E-state index contributed by atoms with van der Waals surface area (Å²) in [6.07, 6.45) is 2.03. The summed E-state index contributed by atoms with van der Waals surface area (Å²) < 4.78 is 14.6. The SMILES string of the molecule is O=C(c1ccc(Br)cc1F)N1CC[C@@H]2CNC[C@@H]2CC1. The first kappa shape index (κ1) is 14.0. The van der Waals surface area contributed by atoms with E-state index in [9.17, 15) is 9.18 Å². The first-order chi connectivity index (χ1) is 9.65. The zero-order valence-electron chi connectivity index (χ0n) is 11.2. The molecule has 2 fully saturated rings. The first-order valence-corrected chi connectivity index (χ1v) is 7.89. The topological polar surface area (TPSA) is 32.3 Å². The fourth-order valence-corrected chi connectivity index (χ4v) is 3.59. The Hall–Kier alpha value is -0.940. The molecule has 3 nitrogen and oxygen atoms in total. The van der Waals surface area contributed by atoms with Crippen LogP contribution in [0, 0.1) is 17.7 Å². The van der Waals surface area contributed by atoms with E-state index in [1.165, 1.54) is 6.07 Å². The zero-order chi connectivity index (χ0) is 14.1. The van der Waals surface area contributed by atoms with Crippen molar-refractivity contribution in [1.29, 1.82) is 0 Å². The van der Waals surface area contributed by atoms with Gasteiger partial charge in [-0.15, -0.1) is 0 Å². The molecule has 5 heteroatoms. The van der Waals surface area contributed by atoms with Crippen molar-refractivity contribution in [3.05, 3.63) is 34.1 Å². The Morgan fingerprint density at radius 2 is 1.90 bits per heavy atom. The zero-order valence-corrected chi connectivity index (χ0v) is 12.8. The monoisotopic (exact) mass is 340 g/mol. The molecule has 2 saturated heterocycles. The molecule has 108 valence electrons. The highest BCUT2D eigenvalue weighted by molar-refractivity contribution is 9.10. The average Bonchev–Trinajstić information content (AvgIpc) is 2.77. The van der Waals surface area contributed by atoms with E-state index in [0.717, 1.165) is 39.0 Å². The van der Waals surface area contributed by atoms with Crippen LogP contribution in [0.2, 0.25) is 0 Å². The van der Waals surface area contributed by atoms with Gasteiger partial charge >= 0.3 is 0 Å². The smallest absolute Gasteiger partial charge is 0.256 e. The summed E-state index contributed by atoms with van der Waals surface area (Å²) in [6, 6.07) is 4.63. The Labute approximate surface area is 126 Å². The molecule has 1 aromatic carbocycles. The van der Waals surface area contributed by atoms with Gasteiger partial charge in [0.15, 0.2) is 0 Å². The van der Waals surface area contributed by atoms with E-state index in [4.69, 9.17) is 0 Å². The number of hydrogen-bond acceptors (Lipinski definition) is 2. The summed E-state index contributed by atoms with van der Waals surface area (Å²) in [6.45, 7) is 3.58. The lowest BCUT2D eigenvalue weighted by atomic mass is 9.92. The number of likely N-dealkylation sites (tertiary alicyclic amines) is 1. The third kappa shape index (κ3) is 2.74. The van der Waals surface area contributed by atoms with E-state index >= 15 is 0 Å². The highest BCUT2D eigenvalue weighted by Crippen LogP contribution is 2.28. The number of amides is 1. The average molecular weight is 341 g/mol. The van der Waals surface area contributed by atoms with Gasteiger partial charge in [-0.2, -0.15) is 0 Å². The fraction of sp³-hybridized carbons (Fsp3) is 0.533. The van der Waals surface area contributed by atoms with Crippen molar-refractivity contribution >= 4 is 21.8 Å². The molecule has 0 unspecified atom stereocenters. The fourth-order valence-electron chi connectivity index (χ4n) is 3.25. The minimum absolute atomic E-state index is 0.178. The molecule has 1 aromatic rings. The first-order valence-electron chi connectivity index (χ1n) is 7.10. The van der Waals surface area contributed by atoms with Crippen LogP contribution in [0.25, 0.3) is 0 Å². The lowest BCUT2D eigenvalue weighted by Gasteiger charge is -2.21. The van der Waals surface area contributed by atoms with Gasteiger partial charge in [-0.05, 0) is 56.0 Å². The van der Waals surface area contributed by atoms with Crippen molar-refractivity contribution in [3.8, 4) is 0 Å². The largest absolute Gasteiger partial charge is 0.339 e. The molecule has 0 aromatic heterocycles. The number of nitrogens with zero attached hydrogens (tertiary/aromatic N) is 1. The lowest BCUT2D eigenvalue weighted by molar-refractivity contribution is 0.0754. The van der Waals surface area contributed by atoms with Gasteiger partial charge in [0.2, 0.25) is 0 Å². The van der Waals surface area contributed by atoms with E-state index in [2.05, 4.69) is 21.2 Å². The molecule has 2 aliphatic rings. The van der Waals surface area contributed by atoms with Gasteiger partial charge in [0, 0.05) is 17.6 Å². The predicted octanol–water partition coefficient (Wildman–Crippen LogP) is 2.66. The van der Waals surface area contributed by atoms with Crippen molar-refractivity contribution < 1.29 is 9.18 Å². The minimum atomic E-state index is -0.449. The molecule has 1 amide bonds. The molecule has 0 spiro atoms. The van der Waals surface area contributed by atoms with Crippen molar-refractivity contribution in [2.75, 3.05) is 26.2 Å². The number of halogens is 2. The summed E-state index contributed by atoms with van der Waals surface area (Å²) in [5.41, 5.74) is 0.179. The van der Waals surface area contributed by atoms with Gasteiger partial charge in [-0.1, -0.05) is 15.9 Å². The van der Waals surface area contributed by atoms with Gasteiger partial charge in [0.25, 0.3) is 5.91 Å². The van der Waals surface area contributed by atoms with Crippen LogP contribution in [-0.4, -0.2) is 37.0 Å². The Morgan fingerprint density at radius 1 is 1.25 bits per heavy atom. The third-order valence-electron chi connectivity index (χ3n) is 4.47. The number of carbonyl (C=O) groups excluding carboxylic acids is 1. The summed E-state index contributed by atoms with van der Waals surface area (Å²) in [5, 5.41) is 3.41. The molecule has 2 heterocycles. The molecule has 0 bridgehead atoms. The van der Waals surface area contributed by atoms with E-state index < -0.39 is 5.82 Å². The van der Waals surface area contributed by atoms with Gasteiger partial charge in [0.05, 0.1) is 5.56 Å². The maximum absolute atomic E-state index is 13.9. The van der Waals surface area contributed by atoms with E-state index in [1.807, 2.05) is 4.90 Å². The van der Waals surface area contributed by atoms with Crippen LogP contribution >= 0.6 is 15.9 Å². The van der Waals surface area contributed by atoms with Crippen molar-refractivity contribution in [2.45, 2.75) is 12.8 Å². The number of nitrogens with one attached hydrogen (secondary N) is 1. The van der Waals surface area contributed by atoms with Gasteiger partial charge in [-0.3, -0.25) is 4.79 Å². The van der Waals surface area contributed by atoms with Crippen molar-refractivity contribution in [3.63, 3.8) is 0 Å². The van der Waals surface area contributed by atoms with Crippen LogP contribution in [0.1, 0.15) is 23.2 Å². The van der Waals surface area contributed by atoms with Crippen LogP contribution in [0.15, 0.2) is 22.7 Å². The molecule has 1 N–H and O–H groups in total. The summed E-state index contributed by atoms with van der Waals surface area (Å²) in [5.74, 6) is 0.712. The standard InChI is InChI=1S/C15H18BrFN2O/c16-12-1-2-13(14(17)7-12)15(20)19-5-3-10-8-18-9-11(10)4-6-19/h1-2,7,10-11,18H,3-6,8-9H2/t10-,11+. The minimum Gasteiger partial charge on any atom is -0.339 e. The second kappa shape index (κ2) is 5.82. The van der Waals surface area contributed by atoms with Gasteiger partial charge in [-0.25, -0.2) is 4.39 Å². The molecule has 0 radical (unpaired) electrons. The van der Waals surface area contributed by atoms with Crippen LogP contribution in [0.5, 0.6) is 0 Å². The Morgan fingerprint density at radius 3 is 2.50 bits per heavy atom. The molecule has 2 aliphatic heterocycles.